The number of carbonyl (C=O) groups excluding carboxylic acids is 1. The number of nitrogens with two attached hydrogens (primary N) is 1. The fraction of sp³-hybridized carbons (Fsp3) is 0.500. The van der Waals surface area contributed by atoms with Crippen molar-refractivity contribution >= 4 is 29.0 Å². The summed E-state index contributed by atoms with van der Waals surface area (Å²) in [6, 6.07) is 5.15. The van der Waals surface area contributed by atoms with Crippen LogP contribution in [0.5, 0.6) is 5.75 Å². The standard InChI is InChI=1S/C14H22N2O3S/c1-19-13-6-5-11(15)10-12(13)16-14(18)4-2-8-20-9-3-7-17/h5-6,10,17H,2-4,7-9,15H2,1H3,(H,16,18). The maximum absolute atomic E-state index is 11.8. The molecular weight excluding hydrogens is 276 g/mol. The summed E-state index contributed by atoms with van der Waals surface area (Å²) in [5.41, 5.74) is 6.88. The van der Waals surface area contributed by atoms with Gasteiger partial charge < -0.3 is 20.9 Å². The van der Waals surface area contributed by atoms with Gasteiger partial charge in [0.25, 0.3) is 0 Å². The van der Waals surface area contributed by atoms with Gasteiger partial charge >= 0.3 is 0 Å². The van der Waals surface area contributed by atoms with Gasteiger partial charge in [0, 0.05) is 18.7 Å². The number of methoxy groups -OCH3 is 1. The third-order valence-corrected chi connectivity index (χ3v) is 3.79. The Labute approximate surface area is 123 Å². The van der Waals surface area contributed by atoms with E-state index in [9.17, 15) is 4.79 Å². The number of benzene rings is 1. The van der Waals surface area contributed by atoms with E-state index in [-0.39, 0.29) is 12.5 Å². The van der Waals surface area contributed by atoms with Gasteiger partial charge in [0.2, 0.25) is 5.91 Å². The Balaban J connectivity index is 2.33. The molecule has 0 heterocycles. The lowest BCUT2D eigenvalue weighted by Crippen LogP contribution is -2.12. The molecule has 0 spiro atoms. The number of amides is 1. The number of nitrogen functional groups attached to an aromatic ring is 1. The fourth-order valence-corrected chi connectivity index (χ4v) is 2.53. The predicted octanol–water partition coefficient (Wildman–Crippen LogP) is 2.11. The van der Waals surface area contributed by atoms with Crippen molar-refractivity contribution < 1.29 is 14.6 Å². The third kappa shape index (κ3) is 6.16. The molecule has 6 heteroatoms. The van der Waals surface area contributed by atoms with E-state index < -0.39 is 0 Å². The zero-order chi connectivity index (χ0) is 14.8. The summed E-state index contributed by atoms with van der Waals surface area (Å²) < 4.78 is 5.17. The van der Waals surface area contributed by atoms with Crippen molar-refractivity contribution in [2.24, 2.45) is 0 Å². The average molecular weight is 298 g/mol. The molecule has 4 N–H and O–H groups in total. The lowest BCUT2D eigenvalue weighted by molar-refractivity contribution is -0.116. The number of nitrogens with one attached hydrogen (secondary N) is 1. The minimum atomic E-state index is -0.0448. The molecule has 1 aromatic rings. The molecule has 1 aromatic carbocycles. The van der Waals surface area contributed by atoms with Crippen LogP contribution in [0.3, 0.4) is 0 Å². The van der Waals surface area contributed by atoms with E-state index in [0.717, 1.165) is 24.3 Å². The molecule has 0 radical (unpaired) electrons. The highest BCUT2D eigenvalue weighted by Crippen LogP contribution is 2.26. The SMILES string of the molecule is COc1ccc(N)cc1NC(=O)CCCSCCCO. The van der Waals surface area contributed by atoms with Crippen LogP contribution >= 0.6 is 11.8 Å². The van der Waals surface area contributed by atoms with Gasteiger partial charge in [0.1, 0.15) is 5.75 Å². The second-order valence-corrected chi connectivity index (χ2v) is 5.53. The molecule has 0 saturated carbocycles. The minimum absolute atomic E-state index is 0.0448. The van der Waals surface area contributed by atoms with E-state index in [1.54, 1.807) is 37.1 Å². The molecule has 0 aliphatic heterocycles. The summed E-state index contributed by atoms with van der Waals surface area (Å²) in [7, 11) is 1.55. The van der Waals surface area contributed by atoms with Crippen molar-refractivity contribution in [2.75, 3.05) is 36.3 Å². The molecule has 0 bridgehead atoms. The van der Waals surface area contributed by atoms with Crippen LogP contribution in [0.4, 0.5) is 11.4 Å². The van der Waals surface area contributed by atoms with Gasteiger partial charge in [-0.15, -0.1) is 0 Å². The first kappa shape index (κ1) is 16.7. The van der Waals surface area contributed by atoms with Crippen LogP contribution < -0.4 is 15.8 Å². The lowest BCUT2D eigenvalue weighted by atomic mass is 10.2. The zero-order valence-corrected chi connectivity index (χ0v) is 12.5. The molecule has 0 aliphatic carbocycles. The number of hydrogen-bond donors (Lipinski definition) is 3. The molecule has 112 valence electrons. The molecule has 0 unspecified atom stereocenters. The molecular formula is C14H22N2O3S. The topological polar surface area (TPSA) is 84.6 Å². The Hall–Kier alpha value is -1.40. The van der Waals surface area contributed by atoms with Crippen LogP contribution in [0.2, 0.25) is 0 Å². The molecule has 1 amide bonds. The molecule has 0 saturated heterocycles. The minimum Gasteiger partial charge on any atom is -0.495 e. The summed E-state index contributed by atoms with van der Waals surface area (Å²) in [6.07, 6.45) is 2.08. The highest BCUT2D eigenvalue weighted by Gasteiger charge is 2.07. The summed E-state index contributed by atoms with van der Waals surface area (Å²) in [4.78, 5) is 11.8. The van der Waals surface area contributed by atoms with Gasteiger partial charge in [-0.2, -0.15) is 11.8 Å². The zero-order valence-electron chi connectivity index (χ0n) is 11.7. The number of aliphatic hydroxyl groups is 1. The summed E-state index contributed by atoms with van der Waals surface area (Å²) >= 11 is 1.75. The van der Waals surface area contributed by atoms with Crippen LogP contribution in [0.1, 0.15) is 19.3 Å². The smallest absolute Gasteiger partial charge is 0.224 e. The van der Waals surface area contributed by atoms with Crippen molar-refractivity contribution in [3.05, 3.63) is 18.2 Å². The Morgan fingerprint density at radius 1 is 1.40 bits per heavy atom. The molecule has 0 atom stereocenters. The normalized spacial score (nSPS) is 10.3. The summed E-state index contributed by atoms with van der Waals surface area (Å²) in [6.45, 7) is 0.225. The van der Waals surface area contributed by atoms with Gasteiger partial charge in [-0.1, -0.05) is 0 Å². The molecule has 5 nitrogen and oxygen atoms in total. The second-order valence-electron chi connectivity index (χ2n) is 4.30. The first-order chi connectivity index (χ1) is 9.67. The van der Waals surface area contributed by atoms with Crippen LogP contribution in [0.15, 0.2) is 18.2 Å². The predicted molar refractivity (Wildman–Crippen MR) is 84.3 cm³/mol. The van der Waals surface area contributed by atoms with Crippen molar-refractivity contribution in [2.45, 2.75) is 19.3 Å². The van der Waals surface area contributed by atoms with Crippen LogP contribution in [0, 0.1) is 0 Å². The van der Waals surface area contributed by atoms with Crippen LogP contribution in [0.25, 0.3) is 0 Å². The van der Waals surface area contributed by atoms with Crippen molar-refractivity contribution in [3.8, 4) is 5.75 Å². The van der Waals surface area contributed by atoms with Crippen molar-refractivity contribution in [3.63, 3.8) is 0 Å². The van der Waals surface area contributed by atoms with Crippen LogP contribution in [-0.2, 0) is 4.79 Å². The fourth-order valence-electron chi connectivity index (χ4n) is 1.64. The highest BCUT2D eigenvalue weighted by molar-refractivity contribution is 7.99. The second kappa shape index (κ2) is 9.50. The molecule has 0 fully saturated rings. The monoisotopic (exact) mass is 298 g/mol. The van der Waals surface area contributed by atoms with Crippen LogP contribution in [-0.4, -0.2) is 36.2 Å². The van der Waals surface area contributed by atoms with Gasteiger partial charge in [-0.05, 0) is 42.5 Å². The number of anilines is 2. The number of rotatable bonds is 9. The molecule has 0 aliphatic rings. The van der Waals surface area contributed by atoms with E-state index in [2.05, 4.69) is 5.32 Å². The Kier molecular flexibility index (Phi) is 7.91. The number of carbonyl (C=O) groups is 1. The maximum Gasteiger partial charge on any atom is 0.224 e. The van der Waals surface area contributed by atoms with Gasteiger partial charge in [-0.3, -0.25) is 4.79 Å². The number of hydrogen-bond acceptors (Lipinski definition) is 5. The molecule has 20 heavy (non-hydrogen) atoms. The first-order valence-electron chi connectivity index (χ1n) is 6.59. The van der Waals surface area contributed by atoms with E-state index in [1.165, 1.54) is 0 Å². The molecule has 1 rings (SSSR count). The Bertz CT molecular complexity index is 427. The van der Waals surface area contributed by atoms with Gasteiger partial charge in [0.15, 0.2) is 0 Å². The summed E-state index contributed by atoms with van der Waals surface area (Å²) in [5, 5.41) is 11.5. The van der Waals surface area contributed by atoms with Gasteiger partial charge in [0.05, 0.1) is 12.8 Å². The number of aliphatic hydroxyl groups excluding tert-OH is 1. The highest BCUT2D eigenvalue weighted by atomic mass is 32.2. The van der Waals surface area contributed by atoms with E-state index in [1.807, 2.05) is 0 Å². The number of thioether (sulfide) groups is 1. The first-order valence-corrected chi connectivity index (χ1v) is 7.75. The Morgan fingerprint density at radius 2 is 2.15 bits per heavy atom. The average Bonchev–Trinajstić information content (AvgIpc) is 2.43. The number of ether oxygens (including phenoxy) is 1. The largest absolute Gasteiger partial charge is 0.495 e. The van der Waals surface area contributed by atoms with E-state index in [4.69, 9.17) is 15.6 Å². The van der Waals surface area contributed by atoms with Crippen molar-refractivity contribution in [1.29, 1.82) is 0 Å². The van der Waals surface area contributed by atoms with E-state index >= 15 is 0 Å². The lowest BCUT2D eigenvalue weighted by Gasteiger charge is -2.10. The van der Waals surface area contributed by atoms with E-state index in [0.29, 0.717) is 23.5 Å². The third-order valence-electron chi connectivity index (χ3n) is 2.64. The van der Waals surface area contributed by atoms with Gasteiger partial charge in [-0.25, -0.2) is 0 Å². The summed E-state index contributed by atoms with van der Waals surface area (Å²) in [5.74, 6) is 2.41. The quantitative estimate of drug-likeness (QED) is 0.480. The van der Waals surface area contributed by atoms with Crippen molar-refractivity contribution in [1.82, 2.24) is 0 Å². The Morgan fingerprint density at radius 3 is 2.85 bits per heavy atom. The molecule has 0 aromatic heterocycles. The maximum atomic E-state index is 11.8.